The average molecular weight is 456 g/mol. The number of unbranched alkanes of at least 4 members (excludes halogenated alkanes) is 2. The fourth-order valence-corrected chi connectivity index (χ4v) is 4.77. The molecule has 0 aromatic heterocycles. The van der Waals surface area contributed by atoms with Crippen LogP contribution in [0, 0.1) is 5.41 Å². The fraction of sp³-hybridized carbons (Fsp3) is 0.556. The van der Waals surface area contributed by atoms with Gasteiger partial charge in [0.1, 0.15) is 0 Å². The summed E-state index contributed by atoms with van der Waals surface area (Å²) in [6.45, 7) is 11.0. The third-order valence-corrected chi connectivity index (χ3v) is 6.26. The number of ether oxygens (including phenoxy) is 3. The molecule has 6 heteroatoms. The second kappa shape index (κ2) is 10.4. The minimum Gasteiger partial charge on any atom is -0.493 e. The lowest BCUT2D eigenvalue weighted by molar-refractivity contribution is -0.139. The van der Waals surface area contributed by atoms with E-state index in [4.69, 9.17) is 14.2 Å². The molecule has 1 N–H and O–H groups in total. The van der Waals surface area contributed by atoms with E-state index in [0.29, 0.717) is 42.3 Å². The summed E-state index contributed by atoms with van der Waals surface area (Å²) in [6, 6.07) is 5.63. The number of hydrogen-bond acceptors (Lipinski definition) is 6. The molecule has 0 saturated heterocycles. The first-order chi connectivity index (χ1) is 15.7. The summed E-state index contributed by atoms with van der Waals surface area (Å²) in [5.74, 6) is 0.390. The van der Waals surface area contributed by atoms with Crippen molar-refractivity contribution in [3.05, 3.63) is 46.3 Å². The van der Waals surface area contributed by atoms with Gasteiger partial charge in [-0.15, -0.1) is 0 Å². The van der Waals surface area contributed by atoms with Gasteiger partial charge >= 0.3 is 5.97 Å². The molecule has 1 aromatic carbocycles. The first-order valence-corrected chi connectivity index (χ1v) is 11.9. The van der Waals surface area contributed by atoms with Crippen molar-refractivity contribution in [2.24, 2.45) is 5.41 Å². The van der Waals surface area contributed by atoms with Crippen LogP contribution in [0.25, 0.3) is 0 Å². The Balaban J connectivity index is 2.08. The summed E-state index contributed by atoms with van der Waals surface area (Å²) in [5, 5.41) is 3.38. The lowest BCUT2D eigenvalue weighted by atomic mass is 9.68. The molecule has 2 aliphatic rings. The largest absolute Gasteiger partial charge is 0.493 e. The molecule has 1 aromatic rings. The number of carbonyl (C=O) groups excluding carboxylic acids is 2. The topological polar surface area (TPSA) is 73.9 Å². The van der Waals surface area contributed by atoms with Crippen molar-refractivity contribution in [1.29, 1.82) is 0 Å². The molecule has 0 bridgehead atoms. The van der Waals surface area contributed by atoms with Crippen molar-refractivity contribution in [3.8, 4) is 11.5 Å². The fourth-order valence-electron chi connectivity index (χ4n) is 4.77. The Morgan fingerprint density at radius 3 is 2.58 bits per heavy atom. The van der Waals surface area contributed by atoms with Gasteiger partial charge in [0.05, 0.1) is 25.9 Å². The van der Waals surface area contributed by atoms with Crippen molar-refractivity contribution >= 4 is 11.8 Å². The van der Waals surface area contributed by atoms with Gasteiger partial charge in [0.25, 0.3) is 0 Å². The highest BCUT2D eigenvalue weighted by atomic mass is 16.5. The monoisotopic (exact) mass is 455 g/mol. The van der Waals surface area contributed by atoms with Gasteiger partial charge in [-0.2, -0.15) is 0 Å². The van der Waals surface area contributed by atoms with E-state index in [-0.39, 0.29) is 17.2 Å². The lowest BCUT2D eigenvalue weighted by Crippen LogP contribution is -2.38. The predicted molar refractivity (Wildman–Crippen MR) is 128 cm³/mol. The van der Waals surface area contributed by atoms with E-state index in [2.05, 4.69) is 26.1 Å². The number of hydrogen-bond donors (Lipinski definition) is 1. The minimum absolute atomic E-state index is 0.0652. The quantitative estimate of drug-likeness (QED) is 0.395. The Labute approximate surface area is 197 Å². The van der Waals surface area contributed by atoms with Gasteiger partial charge in [0, 0.05) is 29.3 Å². The van der Waals surface area contributed by atoms with E-state index in [9.17, 15) is 9.59 Å². The van der Waals surface area contributed by atoms with Crippen LogP contribution in [-0.2, 0) is 14.3 Å². The van der Waals surface area contributed by atoms with E-state index in [0.717, 1.165) is 42.6 Å². The average Bonchev–Trinajstić information content (AvgIpc) is 2.75. The molecule has 33 heavy (non-hydrogen) atoms. The molecule has 1 aliphatic carbocycles. The standard InChI is InChI=1S/C27H37NO5/c1-7-9-10-13-33-26(30)23-17(3)28-19-15-27(4,5)16-20(29)25(19)24(23)18-11-12-21(32-8-2)22(14-18)31-6/h11-12,14,24,28H,7-10,13,15-16H2,1-6H3. The van der Waals surface area contributed by atoms with Crippen LogP contribution in [0.2, 0.25) is 0 Å². The summed E-state index contributed by atoms with van der Waals surface area (Å²) in [7, 11) is 1.59. The maximum absolute atomic E-state index is 13.4. The van der Waals surface area contributed by atoms with Crippen molar-refractivity contribution in [2.75, 3.05) is 20.3 Å². The highest BCUT2D eigenvalue weighted by molar-refractivity contribution is 6.04. The van der Waals surface area contributed by atoms with E-state index in [1.54, 1.807) is 7.11 Å². The molecule has 0 spiro atoms. The Morgan fingerprint density at radius 1 is 1.15 bits per heavy atom. The number of Topliss-reactive ketones (excluding diaryl/α,β-unsaturated/α-hetero) is 1. The van der Waals surface area contributed by atoms with Gasteiger partial charge in [0.2, 0.25) is 0 Å². The highest BCUT2D eigenvalue weighted by Gasteiger charge is 2.43. The minimum atomic E-state index is -0.506. The molecular weight excluding hydrogens is 418 g/mol. The van der Waals surface area contributed by atoms with E-state index in [1.807, 2.05) is 32.0 Å². The summed E-state index contributed by atoms with van der Waals surface area (Å²) >= 11 is 0. The molecule has 0 saturated carbocycles. The third kappa shape index (κ3) is 5.43. The maximum Gasteiger partial charge on any atom is 0.336 e. The Morgan fingerprint density at radius 2 is 1.91 bits per heavy atom. The third-order valence-electron chi connectivity index (χ3n) is 6.26. The molecule has 6 nitrogen and oxygen atoms in total. The van der Waals surface area contributed by atoms with Gasteiger partial charge in [-0.05, 0) is 49.8 Å². The molecule has 3 rings (SSSR count). The normalized spacial score (nSPS) is 19.7. The van der Waals surface area contributed by atoms with Crippen LogP contribution in [0.1, 0.15) is 78.2 Å². The van der Waals surface area contributed by atoms with Crippen molar-refractivity contribution < 1.29 is 23.8 Å². The van der Waals surface area contributed by atoms with Crippen molar-refractivity contribution in [1.82, 2.24) is 5.32 Å². The first-order valence-electron chi connectivity index (χ1n) is 11.9. The number of ketones is 1. The van der Waals surface area contributed by atoms with Gasteiger partial charge in [-0.1, -0.05) is 39.7 Å². The van der Waals surface area contributed by atoms with Crippen LogP contribution >= 0.6 is 0 Å². The summed E-state index contributed by atoms with van der Waals surface area (Å²) < 4.78 is 16.9. The van der Waals surface area contributed by atoms with Crippen LogP contribution in [0.5, 0.6) is 11.5 Å². The molecule has 180 valence electrons. The van der Waals surface area contributed by atoms with Crippen molar-refractivity contribution in [2.45, 2.75) is 72.6 Å². The van der Waals surface area contributed by atoms with Gasteiger partial charge in [-0.25, -0.2) is 4.79 Å². The van der Waals surface area contributed by atoms with E-state index >= 15 is 0 Å². The summed E-state index contributed by atoms with van der Waals surface area (Å²) in [6.07, 6.45) is 4.07. The molecule has 0 fully saturated rings. The number of esters is 1. The number of carbonyl (C=O) groups is 2. The summed E-state index contributed by atoms with van der Waals surface area (Å²) in [4.78, 5) is 26.7. The number of nitrogens with one attached hydrogen (secondary N) is 1. The number of dihydropyridines is 1. The van der Waals surface area contributed by atoms with Gasteiger partial charge in [0.15, 0.2) is 17.3 Å². The second-order valence-corrected chi connectivity index (χ2v) is 9.62. The number of rotatable bonds is 9. The second-order valence-electron chi connectivity index (χ2n) is 9.62. The van der Waals surface area contributed by atoms with Crippen LogP contribution in [-0.4, -0.2) is 32.1 Å². The molecule has 1 heterocycles. The van der Waals surface area contributed by atoms with Crippen LogP contribution in [0.4, 0.5) is 0 Å². The van der Waals surface area contributed by atoms with Gasteiger partial charge < -0.3 is 19.5 Å². The SMILES string of the molecule is CCCCCOC(=O)C1=C(C)NC2=C(C(=O)CC(C)(C)C2)C1c1ccc(OCC)c(OC)c1. The molecular formula is C27H37NO5. The maximum atomic E-state index is 13.4. The number of benzene rings is 1. The first kappa shape index (κ1) is 24.9. The predicted octanol–water partition coefficient (Wildman–Crippen LogP) is 5.43. The highest BCUT2D eigenvalue weighted by Crippen LogP contribution is 2.47. The molecule has 1 atom stereocenters. The zero-order chi connectivity index (χ0) is 24.2. The van der Waals surface area contributed by atoms with Gasteiger partial charge in [-0.3, -0.25) is 4.79 Å². The zero-order valence-electron chi connectivity index (χ0n) is 20.8. The molecule has 0 radical (unpaired) electrons. The van der Waals surface area contributed by atoms with Crippen LogP contribution in [0.3, 0.4) is 0 Å². The van der Waals surface area contributed by atoms with Crippen molar-refractivity contribution in [3.63, 3.8) is 0 Å². The van der Waals surface area contributed by atoms with Crippen LogP contribution < -0.4 is 14.8 Å². The number of methoxy groups -OCH3 is 1. The summed E-state index contributed by atoms with van der Waals surface area (Å²) in [5.41, 5.74) is 3.46. The van der Waals surface area contributed by atoms with E-state index in [1.165, 1.54) is 0 Å². The Hall–Kier alpha value is -2.76. The Bertz CT molecular complexity index is 973. The smallest absolute Gasteiger partial charge is 0.336 e. The number of allylic oxidation sites excluding steroid dienone is 3. The molecule has 1 unspecified atom stereocenters. The molecule has 1 aliphatic heterocycles. The Kier molecular flexibility index (Phi) is 7.88. The lowest BCUT2D eigenvalue weighted by Gasteiger charge is -2.39. The van der Waals surface area contributed by atoms with E-state index < -0.39 is 5.92 Å². The molecule has 0 amide bonds. The van der Waals surface area contributed by atoms with Crippen LogP contribution in [0.15, 0.2) is 40.7 Å². The zero-order valence-corrected chi connectivity index (χ0v) is 20.8.